The highest BCUT2D eigenvalue weighted by Crippen LogP contribution is 2.26. The second-order valence-electron chi connectivity index (χ2n) is 6.58. The third-order valence-corrected chi connectivity index (χ3v) is 6.69. The Labute approximate surface area is 164 Å². The van der Waals surface area contributed by atoms with E-state index in [4.69, 9.17) is 5.14 Å². The van der Waals surface area contributed by atoms with Gasteiger partial charge in [-0.05, 0) is 18.1 Å². The number of primary sulfonamides is 1. The minimum atomic E-state index is -3.79. The smallest absolute Gasteiger partial charge is 0.247 e. The Hall–Kier alpha value is -2.37. The highest BCUT2D eigenvalue weighted by Gasteiger charge is 2.26. The third kappa shape index (κ3) is 4.05. The fourth-order valence-electron chi connectivity index (χ4n) is 2.88. The van der Waals surface area contributed by atoms with Gasteiger partial charge in [0.2, 0.25) is 15.9 Å². The number of fused-ring (bicyclic) bond motifs is 1. The average Bonchev–Trinajstić information content (AvgIpc) is 3.21. The van der Waals surface area contributed by atoms with E-state index < -0.39 is 27.7 Å². The lowest BCUT2D eigenvalue weighted by Gasteiger charge is -2.22. The molecular formula is C17H18F2N4O3S2. The fourth-order valence-corrected chi connectivity index (χ4v) is 4.60. The summed E-state index contributed by atoms with van der Waals surface area (Å²) in [6.45, 7) is 3.75. The van der Waals surface area contributed by atoms with Gasteiger partial charge in [0.15, 0.2) is 11.6 Å². The van der Waals surface area contributed by atoms with Crippen LogP contribution in [0.1, 0.15) is 24.8 Å². The van der Waals surface area contributed by atoms with E-state index in [0.717, 1.165) is 23.5 Å². The standard InChI is InChI=1S/C17H18F2N4O3S2/c1-9(2)16(23-8-22-13-5-11(18)12(19)6-14(13)23)17(24)21-7-10-3-4-15(27-10)28(20,25)26/h3-6,8-9,16H,7H2,1-2H3,(H,21,24)(H2,20,25,26). The van der Waals surface area contributed by atoms with Gasteiger partial charge in [0, 0.05) is 17.0 Å². The molecule has 0 radical (unpaired) electrons. The molecule has 1 aromatic carbocycles. The first-order valence-corrected chi connectivity index (χ1v) is 10.6. The zero-order valence-electron chi connectivity index (χ0n) is 15.0. The predicted molar refractivity (Wildman–Crippen MR) is 101 cm³/mol. The van der Waals surface area contributed by atoms with Crippen molar-refractivity contribution < 1.29 is 22.0 Å². The van der Waals surface area contributed by atoms with Gasteiger partial charge in [-0.2, -0.15) is 0 Å². The molecule has 11 heteroatoms. The van der Waals surface area contributed by atoms with Crippen LogP contribution in [0.3, 0.4) is 0 Å². The number of carbonyl (C=O) groups is 1. The molecule has 0 fully saturated rings. The molecule has 2 heterocycles. The topological polar surface area (TPSA) is 107 Å². The Morgan fingerprint density at radius 3 is 2.57 bits per heavy atom. The number of hydrogen-bond acceptors (Lipinski definition) is 5. The van der Waals surface area contributed by atoms with Gasteiger partial charge in [0.1, 0.15) is 10.3 Å². The maximum Gasteiger partial charge on any atom is 0.247 e. The maximum atomic E-state index is 13.7. The number of rotatable bonds is 6. The molecule has 1 atom stereocenters. The summed E-state index contributed by atoms with van der Waals surface area (Å²) in [4.78, 5) is 17.5. The zero-order valence-corrected chi connectivity index (χ0v) is 16.7. The van der Waals surface area contributed by atoms with Crippen LogP contribution in [0.15, 0.2) is 34.8 Å². The van der Waals surface area contributed by atoms with Gasteiger partial charge in [-0.1, -0.05) is 13.8 Å². The Balaban J connectivity index is 1.84. The molecule has 0 saturated heterocycles. The second-order valence-corrected chi connectivity index (χ2v) is 9.54. The summed E-state index contributed by atoms with van der Waals surface area (Å²) in [6, 6.07) is 4.23. The first-order chi connectivity index (χ1) is 13.1. The lowest BCUT2D eigenvalue weighted by Crippen LogP contribution is -2.34. The largest absolute Gasteiger partial charge is 0.349 e. The number of halogens is 2. The Bertz CT molecular complexity index is 1140. The Kier molecular flexibility index (Phi) is 5.50. The minimum Gasteiger partial charge on any atom is -0.349 e. The third-order valence-electron chi connectivity index (χ3n) is 4.17. The number of nitrogens with zero attached hydrogens (tertiary/aromatic N) is 2. The molecule has 7 nitrogen and oxygen atoms in total. The zero-order chi connectivity index (χ0) is 20.6. The van der Waals surface area contributed by atoms with Crippen molar-refractivity contribution in [1.82, 2.24) is 14.9 Å². The molecule has 3 aromatic rings. The number of imidazole rings is 1. The molecule has 2 aromatic heterocycles. The quantitative estimate of drug-likeness (QED) is 0.629. The van der Waals surface area contributed by atoms with Crippen molar-refractivity contribution in [2.24, 2.45) is 11.1 Å². The van der Waals surface area contributed by atoms with Crippen LogP contribution in [-0.2, 0) is 21.4 Å². The molecule has 1 amide bonds. The van der Waals surface area contributed by atoms with Crippen molar-refractivity contribution in [3.05, 3.63) is 47.1 Å². The van der Waals surface area contributed by atoms with Crippen molar-refractivity contribution in [3.8, 4) is 0 Å². The highest BCUT2D eigenvalue weighted by molar-refractivity contribution is 7.91. The first-order valence-electron chi connectivity index (χ1n) is 8.28. The van der Waals surface area contributed by atoms with E-state index in [1.165, 1.54) is 17.0 Å². The minimum absolute atomic E-state index is 0.00950. The first kappa shape index (κ1) is 20.4. The van der Waals surface area contributed by atoms with Crippen LogP contribution in [0.5, 0.6) is 0 Å². The molecule has 1 unspecified atom stereocenters. The average molecular weight is 428 g/mol. The fraction of sp³-hybridized carbons (Fsp3) is 0.294. The van der Waals surface area contributed by atoms with Crippen LogP contribution in [-0.4, -0.2) is 23.9 Å². The van der Waals surface area contributed by atoms with Gasteiger partial charge in [0.25, 0.3) is 0 Å². The molecule has 0 aliphatic rings. The predicted octanol–water partition coefficient (Wildman–Crippen LogP) is 2.54. The van der Waals surface area contributed by atoms with Crippen LogP contribution in [0.25, 0.3) is 11.0 Å². The molecular weight excluding hydrogens is 410 g/mol. The van der Waals surface area contributed by atoms with Gasteiger partial charge < -0.3 is 9.88 Å². The van der Waals surface area contributed by atoms with Crippen molar-refractivity contribution in [2.45, 2.75) is 30.6 Å². The molecule has 0 aliphatic carbocycles. The number of carbonyl (C=O) groups excluding carboxylic acids is 1. The van der Waals surface area contributed by atoms with Crippen molar-refractivity contribution in [2.75, 3.05) is 0 Å². The van der Waals surface area contributed by atoms with E-state index in [0.29, 0.717) is 10.4 Å². The van der Waals surface area contributed by atoms with Gasteiger partial charge in [-0.15, -0.1) is 11.3 Å². The van der Waals surface area contributed by atoms with E-state index in [2.05, 4.69) is 10.3 Å². The van der Waals surface area contributed by atoms with E-state index in [1.54, 1.807) is 6.07 Å². The van der Waals surface area contributed by atoms with Gasteiger partial charge in [-0.25, -0.2) is 27.3 Å². The molecule has 150 valence electrons. The van der Waals surface area contributed by atoms with E-state index >= 15 is 0 Å². The monoisotopic (exact) mass is 428 g/mol. The molecule has 0 saturated carbocycles. The van der Waals surface area contributed by atoms with Crippen LogP contribution in [0, 0.1) is 17.6 Å². The van der Waals surface area contributed by atoms with E-state index in [1.807, 2.05) is 13.8 Å². The molecule has 28 heavy (non-hydrogen) atoms. The number of nitrogens with one attached hydrogen (secondary N) is 1. The Morgan fingerprint density at radius 1 is 1.29 bits per heavy atom. The summed E-state index contributed by atoms with van der Waals surface area (Å²) in [6.07, 6.45) is 1.37. The van der Waals surface area contributed by atoms with Gasteiger partial charge >= 0.3 is 0 Å². The summed E-state index contributed by atoms with van der Waals surface area (Å²) in [5.41, 5.74) is 0.550. The lowest BCUT2D eigenvalue weighted by atomic mass is 10.0. The number of nitrogens with two attached hydrogens (primary N) is 1. The maximum absolute atomic E-state index is 13.7. The lowest BCUT2D eigenvalue weighted by molar-refractivity contribution is -0.125. The van der Waals surface area contributed by atoms with Gasteiger partial charge in [-0.3, -0.25) is 4.79 Å². The second kappa shape index (κ2) is 7.57. The SMILES string of the molecule is CC(C)C(C(=O)NCc1ccc(S(N)(=O)=O)s1)n1cnc2cc(F)c(F)cc21. The van der Waals surface area contributed by atoms with Crippen LogP contribution < -0.4 is 10.5 Å². The summed E-state index contributed by atoms with van der Waals surface area (Å²) in [7, 11) is -3.79. The van der Waals surface area contributed by atoms with E-state index in [9.17, 15) is 22.0 Å². The van der Waals surface area contributed by atoms with Crippen LogP contribution >= 0.6 is 11.3 Å². The number of sulfonamides is 1. The summed E-state index contributed by atoms with van der Waals surface area (Å²) in [5.74, 6) is -2.56. The number of thiophene rings is 1. The molecule has 0 spiro atoms. The van der Waals surface area contributed by atoms with E-state index in [-0.39, 0.29) is 28.1 Å². The van der Waals surface area contributed by atoms with Crippen molar-refractivity contribution in [1.29, 1.82) is 0 Å². The molecule has 0 aliphatic heterocycles. The van der Waals surface area contributed by atoms with Crippen LogP contribution in [0.2, 0.25) is 0 Å². The number of amides is 1. The number of hydrogen-bond donors (Lipinski definition) is 2. The van der Waals surface area contributed by atoms with Gasteiger partial charge in [0.05, 0.1) is 23.9 Å². The number of aromatic nitrogens is 2. The number of benzene rings is 1. The highest BCUT2D eigenvalue weighted by atomic mass is 32.2. The summed E-state index contributed by atoms with van der Waals surface area (Å²) in [5, 5.41) is 7.83. The molecule has 3 rings (SSSR count). The Morgan fingerprint density at radius 2 is 1.96 bits per heavy atom. The van der Waals surface area contributed by atoms with Crippen molar-refractivity contribution in [3.63, 3.8) is 0 Å². The summed E-state index contributed by atoms with van der Waals surface area (Å²) < 4.78 is 51.3. The molecule has 0 bridgehead atoms. The normalized spacial score (nSPS) is 13.2. The van der Waals surface area contributed by atoms with Crippen LogP contribution in [0.4, 0.5) is 8.78 Å². The molecule has 3 N–H and O–H groups in total. The van der Waals surface area contributed by atoms with Crippen molar-refractivity contribution >= 4 is 38.3 Å². The summed E-state index contributed by atoms with van der Waals surface area (Å²) >= 11 is 0.967.